The van der Waals surface area contributed by atoms with Crippen LogP contribution >= 0.6 is 11.3 Å². The van der Waals surface area contributed by atoms with Crippen molar-refractivity contribution in [1.82, 2.24) is 0 Å². The SMILES string of the molecule is CCNc1ccc(/C=C/c2sc3ccccc3[n+]2C)cc1.[I-]. The van der Waals surface area contributed by atoms with Crippen LogP contribution in [0.2, 0.25) is 0 Å². The Kier molecular flexibility index (Phi) is 5.97. The number of hydrogen-bond acceptors (Lipinski definition) is 2. The van der Waals surface area contributed by atoms with Gasteiger partial charge >= 0.3 is 0 Å². The lowest BCUT2D eigenvalue weighted by Gasteiger charge is -2.02. The molecule has 114 valence electrons. The predicted molar refractivity (Wildman–Crippen MR) is 92.5 cm³/mol. The number of halogens is 1. The first-order valence-corrected chi connectivity index (χ1v) is 7.99. The van der Waals surface area contributed by atoms with Gasteiger partial charge < -0.3 is 29.3 Å². The van der Waals surface area contributed by atoms with E-state index in [1.54, 1.807) is 0 Å². The summed E-state index contributed by atoms with van der Waals surface area (Å²) in [7, 11) is 2.12. The van der Waals surface area contributed by atoms with E-state index < -0.39 is 0 Å². The fourth-order valence-corrected chi connectivity index (χ4v) is 3.40. The maximum Gasteiger partial charge on any atom is 0.262 e. The molecule has 0 atom stereocenters. The summed E-state index contributed by atoms with van der Waals surface area (Å²) >= 11 is 1.82. The van der Waals surface area contributed by atoms with Gasteiger partial charge in [-0.1, -0.05) is 35.6 Å². The fraction of sp³-hybridized carbons (Fsp3) is 0.167. The summed E-state index contributed by atoms with van der Waals surface area (Å²) in [6, 6.07) is 17.0. The number of thiazole rings is 1. The lowest BCUT2D eigenvalue weighted by Crippen LogP contribution is -3.00. The number of rotatable bonds is 4. The lowest BCUT2D eigenvalue weighted by molar-refractivity contribution is -0.642. The number of benzene rings is 2. The highest BCUT2D eigenvalue weighted by Gasteiger charge is 2.12. The molecule has 1 aromatic heterocycles. The van der Waals surface area contributed by atoms with Crippen LogP contribution in [0.3, 0.4) is 0 Å². The minimum absolute atomic E-state index is 0. The standard InChI is InChI=1S/C18H18N2S.HI/c1-3-19-15-11-8-14(9-12-15)10-13-18-20(2)16-6-4-5-7-17(16)21-18;/h4-13H,3H2,1-2H3;1H. The monoisotopic (exact) mass is 422 g/mol. The molecular formula is C18H19IN2S. The molecule has 0 saturated heterocycles. The first-order chi connectivity index (χ1) is 10.3. The number of hydrogen-bond donors (Lipinski definition) is 1. The first kappa shape index (κ1) is 17.0. The minimum Gasteiger partial charge on any atom is -1.00 e. The van der Waals surface area contributed by atoms with Gasteiger partial charge in [-0.2, -0.15) is 4.57 Å². The van der Waals surface area contributed by atoms with Gasteiger partial charge in [0.2, 0.25) is 5.52 Å². The molecule has 0 unspecified atom stereocenters. The van der Waals surface area contributed by atoms with Gasteiger partial charge in [-0.05, 0) is 36.8 Å². The van der Waals surface area contributed by atoms with E-state index in [0.29, 0.717) is 0 Å². The van der Waals surface area contributed by atoms with Crippen molar-refractivity contribution in [2.24, 2.45) is 7.05 Å². The highest BCUT2D eigenvalue weighted by atomic mass is 127. The third-order valence-corrected chi connectivity index (χ3v) is 4.67. The van der Waals surface area contributed by atoms with Crippen molar-refractivity contribution in [1.29, 1.82) is 0 Å². The molecule has 0 amide bonds. The number of anilines is 1. The summed E-state index contributed by atoms with van der Waals surface area (Å²) in [5.74, 6) is 0. The van der Waals surface area contributed by atoms with Gasteiger partial charge in [0.25, 0.3) is 5.01 Å². The predicted octanol–water partition coefficient (Wildman–Crippen LogP) is 1.33. The van der Waals surface area contributed by atoms with Crippen LogP contribution in [0, 0.1) is 0 Å². The highest BCUT2D eigenvalue weighted by Crippen LogP contribution is 2.21. The van der Waals surface area contributed by atoms with E-state index in [-0.39, 0.29) is 24.0 Å². The van der Waals surface area contributed by atoms with Crippen molar-refractivity contribution < 1.29 is 28.5 Å². The Bertz CT molecular complexity index is 775. The van der Waals surface area contributed by atoms with Crippen molar-refractivity contribution in [3.63, 3.8) is 0 Å². The van der Waals surface area contributed by atoms with E-state index >= 15 is 0 Å². The molecule has 22 heavy (non-hydrogen) atoms. The summed E-state index contributed by atoms with van der Waals surface area (Å²) < 4.78 is 3.56. The highest BCUT2D eigenvalue weighted by molar-refractivity contribution is 7.18. The molecule has 1 N–H and O–H groups in total. The Morgan fingerprint density at radius 3 is 2.45 bits per heavy atom. The van der Waals surface area contributed by atoms with Crippen LogP contribution in [0.1, 0.15) is 17.5 Å². The Hall–Kier alpha value is -1.40. The third kappa shape index (κ3) is 3.67. The van der Waals surface area contributed by atoms with Crippen molar-refractivity contribution in [3.05, 3.63) is 59.1 Å². The van der Waals surface area contributed by atoms with E-state index in [1.807, 2.05) is 11.3 Å². The maximum absolute atomic E-state index is 3.31. The topological polar surface area (TPSA) is 15.9 Å². The van der Waals surface area contributed by atoms with Gasteiger partial charge in [0.1, 0.15) is 11.7 Å². The van der Waals surface area contributed by atoms with Crippen LogP contribution in [0.15, 0.2) is 48.5 Å². The molecule has 4 heteroatoms. The molecule has 1 heterocycles. The Morgan fingerprint density at radius 1 is 1.05 bits per heavy atom. The summed E-state index contributed by atoms with van der Waals surface area (Å²) in [6.07, 6.45) is 4.35. The number of nitrogens with zero attached hydrogens (tertiary/aromatic N) is 1. The van der Waals surface area contributed by atoms with Crippen molar-refractivity contribution >= 4 is 39.4 Å². The molecule has 0 fully saturated rings. The van der Waals surface area contributed by atoms with Gasteiger partial charge in [0.15, 0.2) is 0 Å². The molecule has 0 radical (unpaired) electrons. The van der Waals surface area contributed by atoms with Crippen LogP contribution in [0.4, 0.5) is 5.69 Å². The molecule has 0 spiro atoms. The van der Waals surface area contributed by atoms with E-state index in [9.17, 15) is 0 Å². The number of fused-ring (bicyclic) bond motifs is 1. The summed E-state index contributed by atoms with van der Waals surface area (Å²) in [5.41, 5.74) is 3.67. The van der Waals surface area contributed by atoms with Gasteiger partial charge in [-0.15, -0.1) is 0 Å². The normalized spacial score (nSPS) is 10.8. The molecule has 3 aromatic rings. The molecule has 0 aliphatic carbocycles. The maximum atomic E-state index is 3.31. The van der Waals surface area contributed by atoms with Crippen LogP contribution in [-0.4, -0.2) is 6.54 Å². The first-order valence-electron chi connectivity index (χ1n) is 7.17. The molecule has 2 nitrogen and oxygen atoms in total. The zero-order valence-corrected chi connectivity index (χ0v) is 15.7. The van der Waals surface area contributed by atoms with Gasteiger partial charge in [0.05, 0.1) is 0 Å². The number of aromatic nitrogens is 1. The van der Waals surface area contributed by atoms with Crippen molar-refractivity contribution in [2.45, 2.75) is 6.92 Å². The number of para-hydroxylation sites is 1. The van der Waals surface area contributed by atoms with Gasteiger partial charge in [-0.25, -0.2) is 0 Å². The van der Waals surface area contributed by atoms with Crippen LogP contribution in [0.25, 0.3) is 22.4 Å². The van der Waals surface area contributed by atoms with Crippen LogP contribution in [-0.2, 0) is 7.05 Å². The largest absolute Gasteiger partial charge is 1.00 e. The zero-order chi connectivity index (χ0) is 14.7. The Balaban J connectivity index is 0.00000176. The average molecular weight is 422 g/mol. The molecule has 0 aliphatic heterocycles. The number of aryl methyl sites for hydroxylation is 1. The molecule has 2 aromatic carbocycles. The fourth-order valence-electron chi connectivity index (χ4n) is 2.35. The molecule has 3 rings (SSSR count). The van der Waals surface area contributed by atoms with Gasteiger partial charge in [0, 0.05) is 24.4 Å². The summed E-state index contributed by atoms with van der Waals surface area (Å²) in [5, 5.41) is 4.57. The second-order valence-electron chi connectivity index (χ2n) is 4.95. The smallest absolute Gasteiger partial charge is 0.262 e. The second kappa shape index (κ2) is 7.74. The average Bonchev–Trinajstić information content (AvgIpc) is 2.84. The van der Waals surface area contributed by atoms with Gasteiger partial charge in [-0.3, -0.25) is 0 Å². The summed E-state index contributed by atoms with van der Waals surface area (Å²) in [4.78, 5) is 0. The Morgan fingerprint density at radius 2 is 1.77 bits per heavy atom. The lowest BCUT2D eigenvalue weighted by atomic mass is 10.2. The number of nitrogens with one attached hydrogen (secondary N) is 1. The van der Waals surface area contributed by atoms with E-state index in [0.717, 1.165) is 6.54 Å². The quantitative estimate of drug-likeness (QED) is 0.496. The van der Waals surface area contributed by atoms with Crippen LogP contribution in [0.5, 0.6) is 0 Å². The summed E-state index contributed by atoms with van der Waals surface area (Å²) in [6.45, 7) is 3.06. The molecule has 0 aliphatic rings. The Labute approximate surface area is 152 Å². The van der Waals surface area contributed by atoms with E-state index in [1.165, 1.54) is 26.5 Å². The minimum atomic E-state index is 0. The molecule has 0 saturated carbocycles. The molecule has 0 bridgehead atoms. The van der Waals surface area contributed by atoms with Crippen LogP contribution < -0.4 is 33.9 Å². The second-order valence-corrected chi connectivity index (χ2v) is 6.01. The zero-order valence-electron chi connectivity index (χ0n) is 12.7. The van der Waals surface area contributed by atoms with E-state index in [4.69, 9.17) is 0 Å². The third-order valence-electron chi connectivity index (χ3n) is 3.48. The van der Waals surface area contributed by atoms with E-state index in [2.05, 4.69) is 84.5 Å². The van der Waals surface area contributed by atoms with Crippen molar-refractivity contribution in [2.75, 3.05) is 11.9 Å². The molecular weight excluding hydrogens is 403 g/mol. The van der Waals surface area contributed by atoms with Crippen molar-refractivity contribution in [3.8, 4) is 0 Å².